The number of carboxylic acids is 1. The van der Waals surface area contributed by atoms with Crippen LogP contribution in [-0.2, 0) is 10.2 Å². The van der Waals surface area contributed by atoms with Gasteiger partial charge in [-0.25, -0.2) is 0 Å². The van der Waals surface area contributed by atoms with Crippen molar-refractivity contribution in [3.8, 4) is 11.5 Å². The van der Waals surface area contributed by atoms with Crippen molar-refractivity contribution in [2.45, 2.75) is 43.6 Å². The van der Waals surface area contributed by atoms with Crippen molar-refractivity contribution in [3.05, 3.63) is 23.8 Å². The highest BCUT2D eigenvalue weighted by Gasteiger charge is 2.48. The number of carboxylic acid groups (broad SMARTS) is 1. The number of hydrogen-bond acceptors (Lipinski definition) is 4. The SMILES string of the molecule is COc1cccc(C2(CC(=O)O)CC2)c1OC1CCSCC1. The van der Waals surface area contributed by atoms with E-state index in [2.05, 4.69) is 0 Å². The van der Waals surface area contributed by atoms with Crippen molar-refractivity contribution in [1.29, 1.82) is 0 Å². The van der Waals surface area contributed by atoms with Crippen LogP contribution in [0.15, 0.2) is 18.2 Å². The van der Waals surface area contributed by atoms with E-state index in [4.69, 9.17) is 9.47 Å². The van der Waals surface area contributed by atoms with Gasteiger partial charge in [0.15, 0.2) is 11.5 Å². The second kappa shape index (κ2) is 6.41. The van der Waals surface area contributed by atoms with Crippen molar-refractivity contribution < 1.29 is 19.4 Å². The molecule has 0 unspecified atom stereocenters. The summed E-state index contributed by atoms with van der Waals surface area (Å²) >= 11 is 1.96. The molecule has 0 radical (unpaired) electrons. The van der Waals surface area contributed by atoms with E-state index in [0.29, 0.717) is 5.75 Å². The summed E-state index contributed by atoms with van der Waals surface area (Å²) in [5.74, 6) is 2.97. The van der Waals surface area contributed by atoms with Crippen LogP contribution < -0.4 is 9.47 Å². The Morgan fingerprint density at radius 3 is 2.68 bits per heavy atom. The maximum absolute atomic E-state index is 11.2. The monoisotopic (exact) mass is 322 g/mol. The predicted octanol–water partition coefficient (Wildman–Crippen LogP) is 3.48. The van der Waals surface area contributed by atoms with Crippen LogP contribution in [0.25, 0.3) is 0 Å². The average molecular weight is 322 g/mol. The topological polar surface area (TPSA) is 55.8 Å². The van der Waals surface area contributed by atoms with Gasteiger partial charge in [-0.1, -0.05) is 12.1 Å². The molecule has 4 nitrogen and oxygen atoms in total. The van der Waals surface area contributed by atoms with Crippen LogP contribution in [0.3, 0.4) is 0 Å². The highest BCUT2D eigenvalue weighted by atomic mass is 32.2. The molecule has 1 aliphatic heterocycles. The molecular formula is C17H22O4S. The molecule has 0 aromatic heterocycles. The van der Waals surface area contributed by atoms with Crippen LogP contribution in [-0.4, -0.2) is 35.8 Å². The zero-order valence-corrected chi connectivity index (χ0v) is 13.7. The number of ether oxygens (including phenoxy) is 2. The Hall–Kier alpha value is -1.36. The Bertz CT molecular complexity index is 548. The first-order valence-electron chi connectivity index (χ1n) is 7.78. The van der Waals surface area contributed by atoms with Gasteiger partial charge in [-0.05, 0) is 43.3 Å². The number of benzene rings is 1. The third-order valence-electron chi connectivity index (χ3n) is 4.57. The number of para-hydroxylation sites is 1. The van der Waals surface area contributed by atoms with E-state index in [1.807, 2.05) is 30.0 Å². The van der Waals surface area contributed by atoms with Gasteiger partial charge >= 0.3 is 5.97 Å². The summed E-state index contributed by atoms with van der Waals surface area (Å²) in [6.45, 7) is 0. The molecule has 0 amide bonds. The maximum atomic E-state index is 11.2. The molecule has 1 N–H and O–H groups in total. The molecule has 1 aromatic carbocycles. The molecule has 1 saturated carbocycles. The molecule has 0 bridgehead atoms. The number of carbonyl (C=O) groups is 1. The second-order valence-electron chi connectivity index (χ2n) is 6.12. The number of methoxy groups -OCH3 is 1. The van der Waals surface area contributed by atoms with E-state index in [-0.39, 0.29) is 17.9 Å². The summed E-state index contributed by atoms with van der Waals surface area (Å²) < 4.78 is 11.8. The molecule has 3 rings (SSSR count). The number of thioether (sulfide) groups is 1. The number of rotatable bonds is 6. The van der Waals surface area contributed by atoms with Crippen molar-refractivity contribution in [2.75, 3.05) is 18.6 Å². The van der Waals surface area contributed by atoms with Gasteiger partial charge in [0.05, 0.1) is 13.5 Å². The van der Waals surface area contributed by atoms with Crippen LogP contribution in [0.2, 0.25) is 0 Å². The Balaban J connectivity index is 1.90. The standard InChI is InChI=1S/C17H22O4S/c1-20-14-4-2-3-13(17(7-8-17)11-15(18)19)16(14)21-12-5-9-22-10-6-12/h2-4,12H,5-11H2,1H3,(H,18,19). The van der Waals surface area contributed by atoms with Crippen molar-refractivity contribution >= 4 is 17.7 Å². The zero-order chi connectivity index (χ0) is 15.6. The molecule has 1 aliphatic carbocycles. The normalized spacial score (nSPS) is 20.4. The Morgan fingerprint density at radius 1 is 1.36 bits per heavy atom. The smallest absolute Gasteiger partial charge is 0.304 e. The average Bonchev–Trinajstić information content (AvgIpc) is 3.28. The van der Waals surface area contributed by atoms with Crippen molar-refractivity contribution in [3.63, 3.8) is 0 Å². The summed E-state index contributed by atoms with van der Waals surface area (Å²) in [5.41, 5.74) is 0.742. The molecule has 1 aromatic rings. The molecule has 1 heterocycles. The lowest BCUT2D eigenvalue weighted by Crippen LogP contribution is -2.24. The third-order valence-corrected chi connectivity index (χ3v) is 5.61. The zero-order valence-electron chi connectivity index (χ0n) is 12.8. The first-order valence-corrected chi connectivity index (χ1v) is 8.94. The van der Waals surface area contributed by atoms with Crippen LogP contribution in [0, 0.1) is 0 Å². The molecule has 1 saturated heterocycles. The Morgan fingerprint density at radius 2 is 2.09 bits per heavy atom. The van der Waals surface area contributed by atoms with E-state index >= 15 is 0 Å². The summed E-state index contributed by atoms with van der Waals surface area (Å²) in [4.78, 5) is 11.2. The summed E-state index contributed by atoms with van der Waals surface area (Å²) in [6, 6.07) is 5.83. The maximum Gasteiger partial charge on any atom is 0.304 e. The van der Waals surface area contributed by atoms with Gasteiger partial charge in [0, 0.05) is 11.0 Å². The van der Waals surface area contributed by atoms with Crippen LogP contribution in [0.4, 0.5) is 0 Å². The minimum atomic E-state index is -0.750. The van der Waals surface area contributed by atoms with Crippen LogP contribution >= 0.6 is 11.8 Å². The van der Waals surface area contributed by atoms with Gasteiger partial charge in [0.1, 0.15) is 6.10 Å². The molecule has 22 heavy (non-hydrogen) atoms. The second-order valence-corrected chi connectivity index (χ2v) is 7.34. The summed E-state index contributed by atoms with van der Waals surface area (Å²) in [5, 5.41) is 9.21. The summed E-state index contributed by atoms with van der Waals surface area (Å²) in [7, 11) is 1.64. The van der Waals surface area contributed by atoms with Gasteiger partial charge in [-0.15, -0.1) is 0 Å². The predicted molar refractivity (Wildman–Crippen MR) is 87.1 cm³/mol. The van der Waals surface area contributed by atoms with E-state index in [1.54, 1.807) is 7.11 Å². The Kier molecular flexibility index (Phi) is 4.52. The molecule has 0 atom stereocenters. The summed E-state index contributed by atoms with van der Waals surface area (Å²) in [6.07, 6.45) is 4.25. The quantitative estimate of drug-likeness (QED) is 0.869. The van der Waals surface area contributed by atoms with Gasteiger partial charge < -0.3 is 14.6 Å². The third kappa shape index (κ3) is 3.19. The fourth-order valence-electron chi connectivity index (χ4n) is 3.16. The minimum Gasteiger partial charge on any atom is -0.493 e. The number of hydrogen-bond donors (Lipinski definition) is 1. The first-order chi connectivity index (χ1) is 10.6. The van der Waals surface area contributed by atoms with Gasteiger partial charge in [-0.2, -0.15) is 11.8 Å². The molecule has 0 spiro atoms. The van der Waals surface area contributed by atoms with E-state index in [9.17, 15) is 9.90 Å². The van der Waals surface area contributed by atoms with Gasteiger partial charge in [0.2, 0.25) is 0 Å². The fourth-order valence-corrected chi connectivity index (χ4v) is 4.22. The first kappa shape index (κ1) is 15.5. The lowest BCUT2D eigenvalue weighted by atomic mass is 9.91. The van der Waals surface area contributed by atoms with Crippen molar-refractivity contribution in [2.24, 2.45) is 0 Å². The molecule has 2 aliphatic rings. The molecule has 2 fully saturated rings. The molecule has 5 heteroatoms. The van der Waals surface area contributed by atoms with E-state index in [1.165, 1.54) is 0 Å². The van der Waals surface area contributed by atoms with Gasteiger partial charge in [-0.3, -0.25) is 4.79 Å². The van der Waals surface area contributed by atoms with Crippen molar-refractivity contribution in [1.82, 2.24) is 0 Å². The van der Waals surface area contributed by atoms with Gasteiger partial charge in [0.25, 0.3) is 0 Å². The fraction of sp³-hybridized carbons (Fsp3) is 0.588. The minimum absolute atomic E-state index is 0.164. The van der Waals surface area contributed by atoms with E-state index in [0.717, 1.165) is 48.5 Å². The lowest BCUT2D eigenvalue weighted by molar-refractivity contribution is -0.137. The molecule has 120 valence electrons. The lowest BCUT2D eigenvalue weighted by Gasteiger charge is -2.27. The largest absolute Gasteiger partial charge is 0.493 e. The molecular weight excluding hydrogens is 300 g/mol. The highest BCUT2D eigenvalue weighted by molar-refractivity contribution is 7.99. The van der Waals surface area contributed by atoms with Crippen LogP contribution in [0.5, 0.6) is 11.5 Å². The van der Waals surface area contributed by atoms with Crippen LogP contribution in [0.1, 0.15) is 37.7 Å². The Labute approximate surface area is 135 Å². The van der Waals surface area contributed by atoms with E-state index < -0.39 is 5.97 Å². The highest BCUT2D eigenvalue weighted by Crippen LogP contribution is 2.55. The number of aliphatic carboxylic acids is 1.